The highest BCUT2D eigenvalue weighted by Gasteiger charge is 2.39. The Kier molecular flexibility index (Phi) is 8.09. The summed E-state index contributed by atoms with van der Waals surface area (Å²) in [6.07, 6.45) is 0. The smallest absolute Gasteiger partial charge is 0.0465 e. The van der Waals surface area contributed by atoms with Gasteiger partial charge in [0.25, 0.3) is 0 Å². The van der Waals surface area contributed by atoms with E-state index in [2.05, 4.69) is 207 Å². The second kappa shape index (κ2) is 13.3. The molecule has 1 aliphatic carbocycles. The van der Waals surface area contributed by atoms with Crippen molar-refractivity contribution in [2.75, 3.05) is 4.90 Å². The molecular weight excluding hydrogens is 691 g/mol. The first-order chi connectivity index (χ1) is 26.5. The maximum Gasteiger partial charge on any atom is 0.0465 e. The molecule has 0 spiro atoms. The zero-order chi connectivity index (χ0) is 36.2. The number of hydrogen-bond donors (Lipinski definition) is 0. The Labute approximate surface area is 326 Å². The van der Waals surface area contributed by atoms with E-state index < -0.39 is 0 Å². The summed E-state index contributed by atoms with van der Waals surface area (Å²) >= 11 is 3.82. The highest BCUT2D eigenvalue weighted by atomic mass is 32.2. The molecule has 0 aromatic heterocycles. The first-order valence-electron chi connectivity index (χ1n) is 18.5. The lowest BCUT2D eigenvalue weighted by molar-refractivity contribution is 0.659. The van der Waals surface area contributed by atoms with Crippen molar-refractivity contribution < 1.29 is 0 Å². The minimum Gasteiger partial charge on any atom is -0.310 e. The van der Waals surface area contributed by atoms with E-state index in [0.717, 1.165) is 17.1 Å². The summed E-state index contributed by atoms with van der Waals surface area (Å²) in [4.78, 5) is 7.82. The molecule has 3 heteroatoms. The normalized spacial score (nSPS) is 13.4. The van der Waals surface area contributed by atoms with E-state index in [0.29, 0.717) is 0 Å². The van der Waals surface area contributed by atoms with Crippen molar-refractivity contribution in [1.82, 2.24) is 0 Å². The molecule has 0 saturated heterocycles. The topological polar surface area (TPSA) is 3.24 Å². The quantitative estimate of drug-likeness (QED) is 0.168. The zero-order valence-electron chi connectivity index (χ0n) is 30.2. The number of fused-ring (bicyclic) bond motifs is 6. The molecule has 54 heavy (non-hydrogen) atoms. The third-order valence-electron chi connectivity index (χ3n) is 10.9. The minimum absolute atomic E-state index is 0.144. The Morgan fingerprint density at radius 2 is 0.870 bits per heavy atom. The van der Waals surface area contributed by atoms with Crippen LogP contribution in [-0.2, 0) is 5.41 Å². The fraction of sp³-hybridized carbons (Fsp3) is 0.0588. The Bertz CT molecular complexity index is 2660. The van der Waals surface area contributed by atoms with E-state index in [1.165, 1.54) is 75.2 Å². The average molecular weight is 728 g/mol. The third-order valence-corrected chi connectivity index (χ3v) is 13.5. The van der Waals surface area contributed by atoms with Crippen LogP contribution in [0.2, 0.25) is 0 Å². The van der Waals surface area contributed by atoms with Gasteiger partial charge in [-0.25, -0.2) is 0 Å². The van der Waals surface area contributed by atoms with Crippen molar-refractivity contribution >= 4 is 40.6 Å². The summed E-state index contributed by atoms with van der Waals surface area (Å²) in [5.74, 6) is 0. The van der Waals surface area contributed by atoms with Crippen LogP contribution >= 0.6 is 23.5 Å². The van der Waals surface area contributed by atoms with E-state index in [-0.39, 0.29) is 5.41 Å². The van der Waals surface area contributed by atoms with Gasteiger partial charge in [0.15, 0.2) is 0 Å². The van der Waals surface area contributed by atoms with Gasteiger partial charge in [0.05, 0.1) is 0 Å². The summed E-state index contributed by atoms with van der Waals surface area (Å²) in [7, 11) is 0. The fourth-order valence-corrected chi connectivity index (χ4v) is 10.5. The lowest BCUT2D eigenvalue weighted by Crippen LogP contribution is -2.16. The molecule has 0 radical (unpaired) electrons. The summed E-state index contributed by atoms with van der Waals surface area (Å²) in [5, 5.41) is 0. The van der Waals surface area contributed by atoms with Gasteiger partial charge in [-0.15, -0.1) is 0 Å². The molecule has 0 unspecified atom stereocenters. The lowest BCUT2D eigenvalue weighted by Gasteiger charge is -2.28. The summed E-state index contributed by atoms with van der Waals surface area (Å²) in [6.45, 7) is 4.78. The molecule has 10 rings (SSSR count). The summed E-state index contributed by atoms with van der Waals surface area (Å²) in [6, 6.07) is 68.8. The molecule has 1 aliphatic heterocycles. The average Bonchev–Trinajstić information content (AvgIpc) is 3.47. The van der Waals surface area contributed by atoms with Crippen LogP contribution in [0, 0.1) is 0 Å². The van der Waals surface area contributed by atoms with Crippen LogP contribution in [0.15, 0.2) is 208 Å². The first kappa shape index (κ1) is 32.9. The Morgan fingerprint density at radius 1 is 0.370 bits per heavy atom. The number of nitrogens with zero attached hydrogens (tertiary/aromatic N) is 1. The molecule has 0 N–H and O–H groups in total. The molecule has 8 aromatic carbocycles. The highest BCUT2D eigenvalue weighted by molar-refractivity contribution is 8.05. The summed E-state index contributed by atoms with van der Waals surface area (Å²) < 4.78 is 0. The van der Waals surface area contributed by atoms with Crippen molar-refractivity contribution in [3.05, 3.63) is 199 Å². The zero-order valence-corrected chi connectivity index (χ0v) is 31.8. The van der Waals surface area contributed by atoms with Crippen LogP contribution in [0.25, 0.3) is 44.5 Å². The van der Waals surface area contributed by atoms with Crippen LogP contribution in [0.5, 0.6) is 0 Å². The molecule has 258 valence electrons. The van der Waals surface area contributed by atoms with Crippen LogP contribution in [0.1, 0.15) is 25.0 Å². The molecule has 1 heterocycles. The van der Waals surface area contributed by atoms with E-state index in [9.17, 15) is 0 Å². The number of benzene rings is 8. The molecule has 0 fully saturated rings. The van der Waals surface area contributed by atoms with Crippen molar-refractivity contribution in [1.29, 1.82) is 0 Å². The number of anilines is 3. The molecule has 0 amide bonds. The molecule has 8 aromatic rings. The standard InChI is InChI=1S/C51H37NS2/c1-51(2)44-30-31-48-50(54-47-19-10-9-18-46(47)53-48)49(44)43-29-28-42(33-45(43)51)52(40-24-20-36(21-25-40)34-12-5-3-6-13-34)41-26-22-37(23-27-41)39-17-11-16-38(32-39)35-14-7-4-8-15-35/h3-33H,1-2H3. The van der Waals surface area contributed by atoms with Gasteiger partial charge in [-0.3, -0.25) is 0 Å². The van der Waals surface area contributed by atoms with Gasteiger partial charge in [-0.05, 0) is 111 Å². The summed E-state index contributed by atoms with van der Waals surface area (Å²) in [5.41, 5.74) is 16.1. The van der Waals surface area contributed by atoms with Crippen molar-refractivity contribution in [2.24, 2.45) is 0 Å². The van der Waals surface area contributed by atoms with Gasteiger partial charge in [0.2, 0.25) is 0 Å². The van der Waals surface area contributed by atoms with Crippen molar-refractivity contribution in [2.45, 2.75) is 38.8 Å². The van der Waals surface area contributed by atoms with Gasteiger partial charge < -0.3 is 4.90 Å². The van der Waals surface area contributed by atoms with Crippen LogP contribution in [-0.4, -0.2) is 0 Å². The van der Waals surface area contributed by atoms with E-state index in [1.54, 1.807) is 0 Å². The van der Waals surface area contributed by atoms with Crippen LogP contribution < -0.4 is 4.90 Å². The minimum atomic E-state index is -0.144. The molecule has 0 saturated carbocycles. The monoisotopic (exact) mass is 727 g/mol. The Hall–Kier alpha value is -5.74. The van der Waals surface area contributed by atoms with E-state index in [4.69, 9.17) is 0 Å². The maximum atomic E-state index is 2.44. The Balaban J connectivity index is 1.06. The molecule has 2 aliphatic rings. The molecule has 0 atom stereocenters. The lowest BCUT2D eigenvalue weighted by atomic mass is 9.82. The number of rotatable bonds is 6. The molecular formula is C51H37NS2. The van der Waals surface area contributed by atoms with Gasteiger partial charge in [0, 0.05) is 47.6 Å². The van der Waals surface area contributed by atoms with Gasteiger partial charge in [0.1, 0.15) is 0 Å². The fourth-order valence-electron chi connectivity index (χ4n) is 8.12. The van der Waals surface area contributed by atoms with Crippen LogP contribution in [0.3, 0.4) is 0 Å². The molecule has 1 nitrogen and oxygen atoms in total. The Morgan fingerprint density at radius 3 is 1.50 bits per heavy atom. The number of hydrogen-bond acceptors (Lipinski definition) is 3. The first-order valence-corrected chi connectivity index (χ1v) is 20.1. The predicted molar refractivity (Wildman–Crippen MR) is 230 cm³/mol. The van der Waals surface area contributed by atoms with E-state index in [1.807, 2.05) is 23.5 Å². The SMILES string of the molecule is CC1(C)c2cc(N(c3ccc(-c4ccccc4)cc3)c3ccc(-c4cccc(-c5ccccc5)c4)cc3)ccc2-c2c1ccc1c2Sc2ccccc2S1. The maximum absolute atomic E-state index is 2.44. The van der Waals surface area contributed by atoms with Crippen LogP contribution in [0.4, 0.5) is 17.1 Å². The van der Waals surface area contributed by atoms with E-state index >= 15 is 0 Å². The molecule has 0 bridgehead atoms. The van der Waals surface area contributed by atoms with Crippen molar-refractivity contribution in [3.63, 3.8) is 0 Å². The second-order valence-electron chi connectivity index (χ2n) is 14.6. The van der Waals surface area contributed by atoms with Gasteiger partial charge in [-0.1, -0.05) is 165 Å². The van der Waals surface area contributed by atoms with Crippen molar-refractivity contribution in [3.8, 4) is 44.5 Å². The third kappa shape index (κ3) is 5.67. The predicted octanol–water partition coefficient (Wildman–Crippen LogP) is 15.1. The second-order valence-corrected chi connectivity index (χ2v) is 16.7. The van der Waals surface area contributed by atoms with Gasteiger partial charge in [-0.2, -0.15) is 0 Å². The van der Waals surface area contributed by atoms with Gasteiger partial charge >= 0.3 is 0 Å². The largest absolute Gasteiger partial charge is 0.310 e. The highest BCUT2D eigenvalue weighted by Crippen LogP contribution is 2.59.